The van der Waals surface area contributed by atoms with Crippen molar-refractivity contribution >= 4 is 17.2 Å². The van der Waals surface area contributed by atoms with E-state index < -0.39 is 0 Å². The summed E-state index contributed by atoms with van der Waals surface area (Å²) in [4.78, 5) is 23.5. The van der Waals surface area contributed by atoms with Crippen molar-refractivity contribution in [3.05, 3.63) is 40.0 Å². The molecular formula is C14H15N3O2S. The molecule has 6 heteroatoms. The average molecular weight is 289 g/mol. The molecule has 2 aromatic rings. The van der Waals surface area contributed by atoms with Gasteiger partial charge >= 0.3 is 0 Å². The summed E-state index contributed by atoms with van der Waals surface area (Å²) in [5.74, 6) is 0.722. The smallest absolute Gasteiger partial charge is 0.263 e. The van der Waals surface area contributed by atoms with E-state index in [0.29, 0.717) is 19.0 Å². The third-order valence-corrected chi connectivity index (χ3v) is 4.32. The first-order valence-electron chi connectivity index (χ1n) is 6.49. The molecule has 0 N–H and O–H groups in total. The molecule has 5 nitrogen and oxygen atoms in total. The summed E-state index contributed by atoms with van der Waals surface area (Å²) in [6.07, 6.45) is 3.00. The van der Waals surface area contributed by atoms with Gasteiger partial charge in [-0.25, -0.2) is 9.97 Å². The van der Waals surface area contributed by atoms with Crippen LogP contribution in [-0.4, -0.2) is 41.0 Å². The Hall–Kier alpha value is -1.95. The Labute approximate surface area is 121 Å². The number of amides is 1. The van der Waals surface area contributed by atoms with Crippen LogP contribution in [0.3, 0.4) is 0 Å². The molecule has 0 unspecified atom stereocenters. The van der Waals surface area contributed by atoms with Gasteiger partial charge in [-0.3, -0.25) is 4.79 Å². The molecule has 3 rings (SSSR count). The van der Waals surface area contributed by atoms with Crippen molar-refractivity contribution in [2.75, 3.05) is 20.2 Å². The molecule has 0 radical (unpaired) electrons. The van der Waals surface area contributed by atoms with E-state index in [1.165, 1.54) is 17.7 Å². The first-order chi connectivity index (χ1) is 9.79. The van der Waals surface area contributed by atoms with E-state index in [0.717, 1.165) is 29.0 Å². The predicted octanol–water partition coefficient (Wildman–Crippen LogP) is 1.79. The van der Waals surface area contributed by atoms with Crippen molar-refractivity contribution in [2.24, 2.45) is 0 Å². The van der Waals surface area contributed by atoms with Crippen LogP contribution in [-0.2, 0) is 12.8 Å². The van der Waals surface area contributed by atoms with Crippen LogP contribution < -0.4 is 4.74 Å². The number of rotatable bonds is 2. The molecular weight excluding hydrogens is 274 g/mol. The quantitative estimate of drug-likeness (QED) is 0.846. The maximum Gasteiger partial charge on any atom is 0.263 e. The summed E-state index contributed by atoms with van der Waals surface area (Å²) in [5.41, 5.74) is 2.01. The Kier molecular flexibility index (Phi) is 3.64. The lowest BCUT2D eigenvalue weighted by molar-refractivity contribution is 0.0767. The summed E-state index contributed by atoms with van der Waals surface area (Å²) >= 11 is 1.48. The molecule has 1 amide bonds. The van der Waals surface area contributed by atoms with Gasteiger partial charge in [0.1, 0.15) is 6.33 Å². The number of fused-ring (bicyclic) bond motifs is 1. The minimum absolute atomic E-state index is 0.0970. The number of hydrogen-bond donors (Lipinski definition) is 0. The first kappa shape index (κ1) is 13.1. The second-order valence-electron chi connectivity index (χ2n) is 4.58. The van der Waals surface area contributed by atoms with E-state index in [1.807, 2.05) is 22.4 Å². The maximum atomic E-state index is 12.4. The molecule has 104 valence electrons. The summed E-state index contributed by atoms with van der Waals surface area (Å²) < 4.78 is 5.28. The zero-order chi connectivity index (χ0) is 13.9. The standard InChI is InChI=1S/C14H15N3O2S/c1-19-13-10-4-6-17(7-5-11(10)15-9-16-13)14(18)12-3-2-8-20-12/h2-3,8-9H,4-7H2,1H3. The largest absolute Gasteiger partial charge is 0.481 e. The van der Waals surface area contributed by atoms with Gasteiger partial charge in [0.2, 0.25) is 5.88 Å². The number of aromatic nitrogens is 2. The van der Waals surface area contributed by atoms with Crippen molar-refractivity contribution in [3.63, 3.8) is 0 Å². The second-order valence-corrected chi connectivity index (χ2v) is 5.53. The van der Waals surface area contributed by atoms with Crippen molar-refractivity contribution in [3.8, 4) is 5.88 Å². The van der Waals surface area contributed by atoms with Crippen LogP contribution in [0.4, 0.5) is 0 Å². The van der Waals surface area contributed by atoms with E-state index in [4.69, 9.17) is 4.74 Å². The van der Waals surface area contributed by atoms with Gasteiger partial charge < -0.3 is 9.64 Å². The zero-order valence-corrected chi connectivity index (χ0v) is 12.0. The Morgan fingerprint density at radius 2 is 2.20 bits per heavy atom. The number of methoxy groups -OCH3 is 1. The van der Waals surface area contributed by atoms with Crippen LogP contribution in [0, 0.1) is 0 Å². The van der Waals surface area contributed by atoms with E-state index in [-0.39, 0.29) is 5.91 Å². The van der Waals surface area contributed by atoms with Crippen LogP contribution in [0.2, 0.25) is 0 Å². The normalized spacial score (nSPS) is 14.6. The Morgan fingerprint density at radius 3 is 2.95 bits per heavy atom. The SMILES string of the molecule is COc1ncnc2c1CCN(C(=O)c1cccs1)CC2. The van der Waals surface area contributed by atoms with Gasteiger partial charge in [-0.2, -0.15) is 0 Å². The summed E-state index contributed by atoms with van der Waals surface area (Å²) in [6, 6.07) is 3.77. The second kappa shape index (κ2) is 5.58. The highest BCUT2D eigenvalue weighted by Crippen LogP contribution is 2.23. The predicted molar refractivity (Wildman–Crippen MR) is 76.2 cm³/mol. The van der Waals surface area contributed by atoms with Crippen LogP contribution in [0.5, 0.6) is 5.88 Å². The van der Waals surface area contributed by atoms with Crippen LogP contribution in [0.1, 0.15) is 20.9 Å². The van der Waals surface area contributed by atoms with E-state index in [9.17, 15) is 4.79 Å². The van der Waals surface area contributed by atoms with Gasteiger partial charge in [0.05, 0.1) is 17.7 Å². The van der Waals surface area contributed by atoms with Crippen molar-refractivity contribution in [1.29, 1.82) is 0 Å². The fraction of sp³-hybridized carbons (Fsp3) is 0.357. The lowest BCUT2D eigenvalue weighted by Crippen LogP contribution is -2.32. The molecule has 1 aliphatic rings. The molecule has 2 aromatic heterocycles. The third kappa shape index (κ3) is 2.38. The molecule has 0 saturated carbocycles. The lowest BCUT2D eigenvalue weighted by atomic mass is 10.1. The molecule has 0 aromatic carbocycles. The Balaban J connectivity index is 1.81. The van der Waals surface area contributed by atoms with E-state index >= 15 is 0 Å². The molecule has 3 heterocycles. The van der Waals surface area contributed by atoms with Crippen molar-refractivity contribution in [2.45, 2.75) is 12.8 Å². The van der Waals surface area contributed by atoms with Crippen molar-refractivity contribution in [1.82, 2.24) is 14.9 Å². The molecule has 0 fully saturated rings. The number of thiophene rings is 1. The highest BCUT2D eigenvalue weighted by molar-refractivity contribution is 7.12. The zero-order valence-electron chi connectivity index (χ0n) is 11.2. The Morgan fingerprint density at radius 1 is 1.35 bits per heavy atom. The van der Waals surface area contributed by atoms with Gasteiger partial charge in [-0.1, -0.05) is 6.07 Å². The fourth-order valence-corrected chi connectivity index (χ4v) is 3.12. The van der Waals surface area contributed by atoms with Gasteiger partial charge in [0.25, 0.3) is 5.91 Å². The van der Waals surface area contributed by atoms with Crippen molar-refractivity contribution < 1.29 is 9.53 Å². The highest BCUT2D eigenvalue weighted by atomic mass is 32.1. The summed E-state index contributed by atoms with van der Waals surface area (Å²) in [5, 5.41) is 1.92. The third-order valence-electron chi connectivity index (χ3n) is 3.46. The number of hydrogen-bond acceptors (Lipinski definition) is 5. The first-order valence-corrected chi connectivity index (χ1v) is 7.37. The van der Waals surface area contributed by atoms with Gasteiger partial charge in [0, 0.05) is 25.1 Å². The molecule has 0 aliphatic carbocycles. The number of nitrogens with zero attached hydrogens (tertiary/aromatic N) is 3. The topological polar surface area (TPSA) is 55.3 Å². The van der Waals surface area contributed by atoms with Crippen LogP contribution in [0.25, 0.3) is 0 Å². The number of ether oxygens (including phenoxy) is 1. The van der Waals surface area contributed by atoms with E-state index in [1.54, 1.807) is 7.11 Å². The maximum absolute atomic E-state index is 12.4. The molecule has 0 bridgehead atoms. The minimum Gasteiger partial charge on any atom is -0.481 e. The number of carbonyl (C=O) groups excluding carboxylic acids is 1. The highest BCUT2D eigenvalue weighted by Gasteiger charge is 2.23. The average Bonchev–Trinajstić information content (AvgIpc) is 2.92. The molecule has 1 aliphatic heterocycles. The lowest BCUT2D eigenvalue weighted by Gasteiger charge is -2.19. The summed E-state index contributed by atoms with van der Waals surface area (Å²) in [7, 11) is 1.61. The van der Waals surface area contributed by atoms with Crippen LogP contribution in [0.15, 0.2) is 23.8 Å². The molecule has 20 heavy (non-hydrogen) atoms. The van der Waals surface area contributed by atoms with Gasteiger partial charge in [-0.15, -0.1) is 11.3 Å². The van der Waals surface area contributed by atoms with Crippen LogP contribution >= 0.6 is 11.3 Å². The minimum atomic E-state index is 0.0970. The van der Waals surface area contributed by atoms with E-state index in [2.05, 4.69) is 9.97 Å². The monoisotopic (exact) mass is 289 g/mol. The molecule has 0 atom stereocenters. The van der Waals surface area contributed by atoms with Gasteiger partial charge in [0.15, 0.2) is 0 Å². The molecule has 0 saturated heterocycles. The summed E-state index contributed by atoms with van der Waals surface area (Å²) in [6.45, 7) is 1.36. The number of carbonyl (C=O) groups is 1. The Bertz CT molecular complexity index is 613. The van der Waals surface area contributed by atoms with Gasteiger partial charge in [-0.05, 0) is 17.9 Å². The fourth-order valence-electron chi connectivity index (χ4n) is 2.43. The molecule has 0 spiro atoms.